The van der Waals surface area contributed by atoms with Crippen molar-refractivity contribution in [1.82, 2.24) is 20.0 Å². The van der Waals surface area contributed by atoms with E-state index in [1.54, 1.807) is 11.8 Å². The van der Waals surface area contributed by atoms with Gasteiger partial charge in [0.1, 0.15) is 0 Å². The molecule has 2 aliphatic rings. The monoisotopic (exact) mass is 496 g/mol. The van der Waals surface area contributed by atoms with Crippen LogP contribution in [0.3, 0.4) is 0 Å². The fraction of sp³-hybridized carbons (Fsp3) is 0.407. The van der Waals surface area contributed by atoms with Gasteiger partial charge in [-0.15, -0.1) is 0 Å². The van der Waals surface area contributed by atoms with Crippen molar-refractivity contribution in [2.24, 2.45) is 0 Å². The highest BCUT2D eigenvalue weighted by molar-refractivity contribution is 6.30. The van der Waals surface area contributed by atoms with Crippen LogP contribution in [0.1, 0.15) is 31.0 Å². The minimum Gasteiger partial charge on any atom is -0.463 e. The molecule has 1 atom stereocenters. The van der Waals surface area contributed by atoms with Gasteiger partial charge in [0, 0.05) is 56.5 Å². The number of rotatable bonds is 8. The third-order valence-electron chi connectivity index (χ3n) is 6.52. The number of ether oxygens (including phenoxy) is 1. The molecule has 0 radical (unpaired) electrons. The Morgan fingerprint density at radius 2 is 1.69 bits per heavy atom. The topological polar surface area (TPSA) is 65.1 Å². The molecule has 2 aromatic carbocycles. The molecule has 1 fully saturated rings. The van der Waals surface area contributed by atoms with Gasteiger partial charge in [-0.05, 0) is 37.1 Å². The number of nitrogens with one attached hydrogen (secondary N) is 1. The first-order chi connectivity index (χ1) is 17.0. The maximum atomic E-state index is 13.2. The van der Waals surface area contributed by atoms with Crippen LogP contribution in [0.2, 0.25) is 5.02 Å². The summed E-state index contributed by atoms with van der Waals surface area (Å²) in [5.41, 5.74) is 3.31. The number of carbonyl (C=O) groups is 2. The van der Waals surface area contributed by atoms with Gasteiger partial charge in [-0.25, -0.2) is 9.59 Å². The first-order valence-electron chi connectivity index (χ1n) is 12.2. The number of esters is 1. The molecule has 2 heterocycles. The Hall–Kier alpha value is -2.87. The summed E-state index contributed by atoms with van der Waals surface area (Å²) < 4.78 is 5.46. The number of nitrogens with zero attached hydrogens (tertiary/aromatic N) is 3. The van der Waals surface area contributed by atoms with E-state index in [0.717, 1.165) is 49.0 Å². The van der Waals surface area contributed by atoms with E-state index in [-0.39, 0.29) is 18.6 Å². The van der Waals surface area contributed by atoms with Crippen LogP contribution in [-0.2, 0) is 16.1 Å². The van der Waals surface area contributed by atoms with Crippen LogP contribution >= 0.6 is 11.6 Å². The largest absolute Gasteiger partial charge is 0.463 e. The smallest absolute Gasteiger partial charge is 0.338 e. The number of amides is 2. The molecule has 2 amide bonds. The van der Waals surface area contributed by atoms with Gasteiger partial charge in [0.2, 0.25) is 0 Å². The third-order valence-corrected chi connectivity index (χ3v) is 6.75. The molecule has 2 aliphatic heterocycles. The molecule has 35 heavy (non-hydrogen) atoms. The highest BCUT2D eigenvalue weighted by atomic mass is 35.5. The van der Waals surface area contributed by atoms with Crippen molar-refractivity contribution in [3.05, 3.63) is 82.0 Å². The molecule has 4 rings (SSSR count). The summed E-state index contributed by atoms with van der Waals surface area (Å²) in [6, 6.07) is 16.8. The van der Waals surface area contributed by atoms with Crippen LogP contribution < -0.4 is 5.32 Å². The molecule has 0 unspecified atom stereocenters. The molecule has 1 saturated heterocycles. The minimum absolute atomic E-state index is 0.191. The molecule has 0 bridgehead atoms. The van der Waals surface area contributed by atoms with E-state index >= 15 is 0 Å². The van der Waals surface area contributed by atoms with Crippen molar-refractivity contribution >= 4 is 23.6 Å². The third kappa shape index (κ3) is 6.04. The Balaban J connectivity index is 1.55. The lowest BCUT2D eigenvalue weighted by atomic mass is 9.94. The van der Waals surface area contributed by atoms with Gasteiger partial charge in [-0.3, -0.25) is 14.7 Å². The van der Waals surface area contributed by atoms with Crippen molar-refractivity contribution in [2.75, 3.05) is 45.9 Å². The lowest BCUT2D eigenvalue weighted by molar-refractivity contribution is -0.139. The predicted octanol–water partition coefficient (Wildman–Crippen LogP) is 4.06. The quantitative estimate of drug-likeness (QED) is 0.558. The number of urea groups is 1. The molecular formula is C27H33ClN4O3. The molecule has 1 N–H and O–H groups in total. The van der Waals surface area contributed by atoms with Crippen LogP contribution in [0, 0.1) is 0 Å². The van der Waals surface area contributed by atoms with Crippen molar-refractivity contribution in [1.29, 1.82) is 0 Å². The molecule has 0 spiro atoms. The second-order valence-electron chi connectivity index (χ2n) is 8.80. The number of piperazine rings is 1. The maximum Gasteiger partial charge on any atom is 0.338 e. The number of benzene rings is 2. The molecule has 2 aromatic rings. The summed E-state index contributed by atoms with van der Waals surface area (Å²) in [4.78, 5) is 32.6. The minimum atomic E-state index is -0.537. The zero-order chi connectivity index (χ0) is 24.8. The SMILES string of the molecule is CCOC(=O)C1=C(CN2CCN(Cc3cccc(Cl)c3)CC2)N(CC)C(=O)N[C@@H]1c1ccccc1. The highest BCUT2D eigenvalue weighted by Gasteiger charge is 2.38. The molecule has 7 nitrogen and oxygen atoms in total. The first-order valence-corrected chi connectivity index (χ1v) is 12.6. The average Bonchev–Trinajstić information content (AvgIpc) is 2.86. The Morgan fingerprint density at radius 1 is 1.00 bits per heavy atom. The van der Waals surface area contributed by atoms with E-state index in [0.29, 0.717) is 18.7 Å². The Morgan fingerprint density at radius 3 is 2.31 bits per heavy atom. The maximum absolute atomic E-state index is 13.2. The molecule has 0 saturated carbocycles. The molecule has 0 aromatic heterocycles. The van der Waals surface area contributed by atoms with Gasteiger partial charge in [0.25, 0.3) is 0 Å². The summed E-state index contributed by atoms with van der Waals surface area (Å²) in [5.74, 6) is -0.380. The second kappa shape index (κ2) is 11.7. The van der Waals surface area contributed by atoms with Gasteiger partial charge in [-0.1, -0.05) is 54.1 Å². The van der Waals surface area contributed by atoms with Gasteiger partial charge >= 0.3 is 12.0 Å². The van der Waals surface area contributed by atoms with Crippen LogP contribution in [-0.4, -0.2) is 72.6 Å². The fourth-order valence-corrected chi connectivity index (χ4v) is 4.98. The van der Waals surface area contributed by atoms with Crippen LogP contribution in [0.5, 0.6) is 0 Å². The van der Waals surface area contributed by atoms with E-state index in [1.165, 1.54) is 5.56 Å². The van der Waals surface area contributed by atoms with E-state index in [1.807, 2.05) is 55.5 Å². The van der Waals surface area contributed by atoms with Gasteiger partial charge < -0.3 is 10.1 Å². The van der Waals surface area contributed by atoms with Gasteiger partial charge in [0.15, 0.2) is 0 Å². The van der Waals surface area contributed by atoms with E-state index in [9.17, 15) is 9.59 Å². The Labute approximate surface area is 212 Å². The van der Waals surface area contributed by atoms with Crippen molar-refractivity contribution in [2.45, 2.75) is 26.4 Å². The van der Waals surface area contributed by atoms with Crippen LogP contribution in [0.25, 0.3) is 0 Å². The summed E-state index contributed by atoms with van der Waals surface area (Å²) in [7, 11) is 0. The van der Waals surface area contributed by atoms with Crippen LogP contribution in [0.4, 0.5) is 4.79 Å². The van der Waals surface area contributed by atoms with Crippen molar-refractivity contribution in [3.8, 4) is 0 Å². The summed E-state index contributed by atoms with van der Waals surface area (Å²) in [6.45, 7) is 9.32. The van der Waals surface area contributed by atoms with Crippen LogP contribution in [0.15, 0.2) is 65.9 Å². The fourth-order valence-electron chi connectivity index (χ4n) is 4.76. The number of hydrogen-bond acceptors (Lipinski definition) is 5. The van der Waals surface area contributed by atoms with Gasteiger partial charge in [0.05, 0.1) is 18.2 Å². The number of hydrogen-bond donors (Lipinski definition) is 1. The lowest BCUT2D eigenvalue weighted by Gasteiger charge is -2.40. The Kier molecular flexibility index (Phi) is 8.44. The van der Waals surface area contributed by atoms with E-state index < -0.39 is 6.04 Å². The van der Waals surface area contributed by atoms with Crippen molar-refractivity contribution in [3.63, 3.8) is 0 Å². The Bertz CT molecular complexity index is 1070. The number of halogens is 1. The normalized spacial score (nSPS) is 19.6. The molecule has 186 valence electrons. The summed E-state index contributed by atoms with van der Waals surface area (Å²) >= 11 is 6.14. The van der Waals surface area contributed by atoms with Crippen molar-refractivity contribution < 1.29 is 14.3 Å². The molecular weight excluding hydrogens is 464 g/mol. The molecule has 8 heteroatoms. The molecule has 0 aliphatic carbocycles. The lowest BCUT2D eigenvalue weighted by Crippen LogP contribution is -2.53. The standard InChI is InChI=1S/C27H33ClN4O3/c1-3-32-23(19-31-15-13-30(14-16-31)18-20-9-8-12-22(28)17-20)24(26(33)35-4-2)25(29-27(32)34)21-10-6-5-7-11-21/h5-12,17,25H,3-4,13-16,18-19H2,1-2H3,(H,29,34)/t25-/m1/s1. The first kappa shape index (κ1) is 25.2. The van der Waals surface area contributed by atoms with E-state index in [2.05, 4.69) is 21.2 Å². The summed E-state index contributed by atoms with van der Waals surface area (Å²) in [6.07, 6.45) is 0. The van der Waals surface area contributed by atoms with E-state index in [4.69, 9.17) is 16.3 Å². The zero-order valence-corrected chi connectivity index (χ0v) is 21.1. The summed E-state index contributed by atoms with van der Waals surface area (Å²) in [5, 5.41) is 3.77. The average molecular weight is 497 g/mol. The number of likely N-dealkylation sites (N-methyl/N-ethyl adjacent to an activating group) is 1. The highest BCUT2D eigenvalue weighted by Crippen LogP contribution is 2.32. The zero-order valence-electron chi connectivity index (χ0n) is 20.4. The predicted molar refractivity (Wildman–Crippen MR) is 137 cm³/mol. The van der Waals surface area contributed by atoms with Gasteiger partial charge in [-0.2, -0.15) is 0 Å². The number of carbonyl (C=O) groups excluding carboxylic acids is 2. The second-order valence-corrected chi connectivity index (χ2v) is 9.24.